The van der Waals surface area contributed by atoms with Gasteiger partial charge in [-0.3, -0.25) is 0 Å². The lowest BCUT2D eigenvalue weighted by atomic mass is 10.2. The van der Waals surface area contributed by atoms with Crippen molar-refractivity contribution in [2.24, 2.45) is 0 Å². The van der Waals surface area contributed by atoms with Crippen LogP contribution in [0.4, 0.5) is 0 Å². The zero-order chi connectivity index (χ0) is 8.39. The van der Waals surface area contributed by atoms with Crippen molar-refractivity contribution in [2.75, 3.05) is 13.2 Å². The maximum absolute atomic E-state index is 5.45. The zero-order valence-corrected chi connectivity index (χ0v) is 6.75. The van der Waals surface area contributed by atoms with E-state index < -0.39 is 0 Å². The molecule has 12 heavy (non-hydrogen) atoms. The molecule has 0 amide bonds. The molecule has 0 saturated carbocycles. The molecule has 0 spiro atoms. The summed E-state index contributed by atoms with van der Waals surface area (Å²) in [5, 5.41) is 0. The SMILES string of the molecule is C=Cc1cccc2c1OCCO2. The molecule has 0 aliphatic carbocycles. The van der Waals surface area contributed by atoms with Crippen molar-refractivity contribution in [3.63, 3.8) is 0 Å². The third kappa shape index (κ3) is 1.05. The van der Waals surface area contributed by atoms with Crippen molar-refractivity contribution in [3.05, 3.63) is 30.3 Å². The molecule has 0 saturated heterocycles. The van der Waals surface area contributed by atoms with Crippen LogP contribution >= 0.6 is 0 Å². The van der Waals surface area contributed by atoms with E-state index in [0.717, 1.165) is 17.1 Å². The number of hydrogen-bond acceptors (Lipinski definition) is 2. The van der Waals surface area contributed by atoms with Gasteiger partial charge in [0.15, 0.2) is 11.5 Å². The highest BCUT2D eigenvalue weighted by molar-refractivity contribution is 5.61. The topological polar surface area (TPSA) is 18.5 Å². The monoisotopic (exact) mass is 162 g/mol. The highest BCUT2D eigenvalue weighted by Gasteiger charge is 2.12. The molecule has 0 aromatic heterocycles. The molecule has 1 aromatic carbocycles. The van der Waals surface area contributed by atoms with Gasteiger partial charge in [0.2, 0.25) is 0 Å². The average molecular weight is 162 g/mol. The van der Waals surface area contributed by atoms with Crippen LogP contribution < -0.4 is 9.47 Å². The maximum atomic E-state index is 5.45. The first-order chi connectivity index (χ1) is 5.92. The standard InChI is InChI=1S/C10H10O2/c1-2-8-4-3-5-9-10(8)12-7-6-11-9/h2-5H,1,6-7H2. The van der Waals surface area contributed by atoms with Crippen LogP contribution in [0.15, 0.2) is 24.8 Å². The Morgan fingerprint density at radius 3 is 2.92 bits per heavy atom. The van der Waals surface area contributed by atoms with Crippen LogP contribution in [-0.2, 0) is 0 Å². The van der Waals surface area contributed by atoms with Crippen molar-refractivity contribution in [2.45, 2.75) is 0 Å². The van der Waals surface area contributed by atoms with E-state index >= 15 is 0 Å². The molecule has 0 N–H and O–H groups in total. The number of rotatable bonds is 1. The summed E-state index contributed by atoms with van der Waals surface area (Å²) in [7, 11) is 0. The van der Waals surface area contributed by atoms with Crippen LogP contribution in [0, 0.1) is 0 Å². The van der Waals surface area contributed by atoms with E-state index in [1.807, 2.05) is 18.2 Å². The predicted octanol–water partition coefficient (Wildman–Crippen LogP) is 2.10. The molecule has 1 aromatic rings. The Morgan fingerprint density at radius 1 is 1.25 bits per heavy atom. The van der Waals surface area contributed by atoms with E-state index in [0.29, 0.717) is 13.2 Å². The largest absolute Gasteiger partial charge is 0.486 e. The van der Waals surface area contributed by atoms with Gasteiger partial charge in [-0.2, -0.15) is 0 Å². The van der Waals surface area contributed by atoms with Gasteiger partial charge in [-0.25, -0.2) is 0 Å². The molecule has 0 atom stereocenters. The maximum Gasteiger partial charge on any atom is 0.168 e. The van der Waals surface area contributed by atoms with E-state index in [2.05, 4.69) is 6.58 Å². The van der Waals surface area contributed by atoms with Crippen molar-refractivity contribution < 1.29 is 9.47 Å². The second-order valence-electron chi connectivity index (χ2n) is 2.58. The molecule has 62 valence electrons. The zero-order valence-electron chi connectivity index (χ0n) is 6.75. The Kier molecular flexibility index (Phi) is 1.74. The van der Waals surface area contributed by atoms with Gasteiger partial charge in [-0.05, 0) is 6.07 Å². The Hall–Kier alpha value is -1.44. The van der Waals surface area contributed by atoms with Crippen LogP contribution in [0.3, 0.4) is 0 Å². The van der Waals surface area contributed by atoms with Crippen molar-refractivity contribution in [3.8, 4) is 11.5 Å². The second kappa shape index (κ2) is 2.89. The molecule has 1 aliphatic rings. The van der Waals surface area contributed by atoms with Crippen LogP contribution in [0.25, 0.3) is 6.08 Å². The Labute approximate surface area is 71.4 Å². The number of hydrogen-bond donors (Lipinski definition) is 0. The first kappa shape index (κ1) is 7.22. The van der Waals surface area contributed by atoms with Crippen LogP contribution in [0.5, 0.6) is 11.5 Å². The quantitative estimate of drug-likeness (QED) is 0.629. The average Bonchev–Trinajstić information content (AvgIpc) is 2.17. The lowest BCUT2D eigenvalue weighted by Gasteiger charge is -2.19. The normalized spacial score (nSPS) is 14.0. The highest BCUT2D eigenvalue weighted by Crippen LogP contribution is 2.33. The lowest BCUT2D eigenvalue weighted by Crippen LogP contribution is -2.15. The number of ether oxygens (including phenoxy) is 2. The van der Waals surface area contributed by atoms with Gasteiger partial charge >= 0.3 is 0 Å². The smallest absolute Gasteiger partial charge is 0.168 e. The third-order valence-electron chi connectivity index (χ3n) is 1.82. The summed E-state index contributed by atoms with van der Waals surface area (Å²) in [4.78, 5) is 0. The molecule has 1 aliphatic heterocycles. The summed E-state index contributed by atoms with van der Waals surface area (Å²) in [5.74, 6) is 1.64. The fourth-order valence-corrected chi connectivity index (χ4v) is 1.26. The first-order valence-corrected chi connectivity index (χ1v) is 3.93. The number of para-hydroxylation sites is 1. The lowest BCUT2D eigenvalue weighted by molar-refractivity contribution is 0.171. The molecule has 1 heterocycles. The Bertz CT molecular complexity index is 305. The van der Waals surface area contributed by atoms with Crippen molar-refractivity contribution in [1.29, 1.82) is 0 Å². The van der Waals surface area contributed by atoms with Crippen LogP contribution in [-0.4, -0.2) is 13.2 Å². The van der Waals surface area contributed by atoms with Gasteiger partial charge in [0.1, 0.15) is 13.2 Å². The summed E-state index contributed by atoms with van der Waals surface area (Å²) in [6.45, 7) is 4.96. The van der Waals surface area contributed by atoms with E-state index in [1.54, 1.807) is 6.08 Å². The van der Waals surface area contributed by atoms with Gasteiger partial charge in [0, 0.05) is 5.56 Å². The van der Waals surface area contributed by atoms with E-state index in [4.69, 9.17) is 9.47 Å². The van der Waals surface area contributed by atoms with Crippen molar-refractivity contribution >= 4 is 6.08 Å². The van der Waals surface area contributed by atoms with Crippen LogP contribution in [0.1, 0.15) is 5.56 Å². The van der Waals surface area contributed by atoms with Gasteiger partial charge in [0.25, 0.3) is 0 Å². The fourth-order valence-electron chi connectivity index (χ4n) is 1.26. The molecular formula is C10H10O2. The Balaban J connectivity index is 2.51. The van der Waals surface area contributed by atoms with Crippen molar-refractivity contribution in [1.82, 2.24) is 0 Å². The fraction of sp³-hybridized carbons (Fsp3) is 0.200. The predicted molar refractivity (Wildman–Crippen MR) is 47.5 cm³/mol. The van der Waals surface area contributed by atoms with Gasteiger partial charge < -0.3 is 9.47 Å². The summed E-state index contributed by atoms with van der Waals surface area (Å²) >= 11 is 0. The van der Waals surface area contributed by atoms with Gasteiger partial charge in [-0.1, -0.05) is 24.8 Å². The minimum Gasteiger partial charge on any atom is -0.486 e. The summed E-state index contributed by atoms with van der Waals surface area (Å²) in [5.41, 5.74) is 0.993. The first-order valence-electron chi connectivity index (χ1n) is 3.93. The minimum atomic E-state index is 0.623. The highest BCUT2D eigenvalue weighted by atomic mass is 16.6. The molecule has 0 unspecified atom stereocenters. The summed E-state index contributed by atoms with van der Waals surface area (Å²) in [6, 6.07) is 5.80. The molecule has 0 fully saturated rings. The Morgan fingerprint density at radius 2 is 2.08 bits per heavy atom. The molecular weight excluding hydrogens is 152 g/mol. The number of fused-ring (bicyclic) bond motifs is 1. The second-order valence-corrected chi connectivity index (χ2v) is 2.58. The molecule has 0 bridgehead atoms. The summed E-state index contributed by atoms with van der Waals surface area (Å²) < 4.78 is 10.8. The molecule has 0 radical (unpaired) electrons. The van der Waals surface area contributed by atoms with Gasteiger partial charge in [0.05, 0.1) is 0 Å². The third-order valence-corrected chi connectivity index (χ3v) is 1.82. The van der Waals surface area contributed by atoms with E-state index in [-0.39, 0.29) is 0 Å². The van der Waals surface area contributed by atoms with E-state index in [1.165, 1.54) is 0 Å². The minimum absolute atomic E-state index is 0.623. The van der Waals surface area contributed by atoms with Gasteiger partial charge in [-0.15, -0.1) is 0 Å². The van der Waals surface area contributed by atoms with E-state index in [9.17, 15) is 0 Å². The molecule has 2 rings (SSSR count). The number of benzene rings is 1. The molecule has 2 nitrogen and oxygen atoms in total. The van der Waals surface area contributed by atoms with Crippen LogP contribution in [0.2, 0.25) is 0 Å². The summed E-state index contributed by atoms with van der Waals surface area (Å²) in [6.07, 6.45) is 1.77. The molecule has 2 heteroatoms.